The number of carbonyl (C=O) groups excluding carboxylic acids is 2. The molecule has 1 aliphatic rings. The van der Waals surface area contributed by atoms with E-state index in [1.54, 1.807) is 18.2 Å². The molecule has 2 aromatic carbocycles. The monoisotopic (exact) mass is 424 g/mol. The number of methoxy groups -OCH3 is 1. The summed E-state index contributed by atoms with van der Waals surface area (Å²) in [4.78, 5) is 29.0. The predicted octanol–water partition coefficient (Wildman–Crippen LogP) is 2.10. The van der Waals surface area contributed by atoms with Crippen molar-refractivity contribution in [3.63, 3.8) is 0 Å². The van der Waals surface area contributed by atoms with Crippen LogP contribution in [0.1, 0.15) is 12.2 Å². The van der Waals surface area contributed by atoms with Gasteiger partial charge in [0, 0.05) is 31.8 Å². The van der Waals surface area contributed by atoms with E-state index in [-0.39, 0.29) is 31.8 Å². The number of aryl methyl sites for hydroxylation is 1. The first-order valence-corrected chi connectivity index (χ1v) is 10.0. The van der Waals surface area contributed by atoms with Crippen LogP contribution in [0.15, 0.2) is 42.5 Å². The van der Waals surface area contributed by atoms with Crippen molar-refractivity contribution in [2.24, 2.45) is 0 Å². The molecule has 0 radical (unpaired) electrons. The van der Waals surface area contributed by atoms with E-state index in [2.05, 4.69) is 15.6 Å². The third-order valence-corrected chi connectivity index (χ3v) is 4.87. The van der Waals surface area contributed by atoms with Crippen LogP contribution >= 0.6 is 0 Å². The summed E-state index contributed by atoms with van der Waals surface area (Å²) >= 11 is 0. The van der Waals surface area contributed by atoms with Crippen molar-refractivity contribution < 1.29 is 23.8 Å². The number of hydrogen-bond donors (Lipinski definition) is 2. The second-order valence-corrected chi connectivity index (χ2v) is 7.11. The molecule has 2 N–H and O–H groups in total. The van der Waals surface area contributed by atoms with Crippen LogP contribution in [0.2, 0.25) is 0 Å². The van der Waals surface area contributed by atoms with Crippen molar-refractivity contribution in [3.8, 4) is 11.5 Å². The van der Waals surface area contributed by atoms with Crippen molar-refractivity contribution in [3.05, 3.63) is 48.3 Å². The Balaban J connectivity index is 1.43. The van der Waals surface area contributed by atoms with Crippen molar-refractivity contribution in [1.29, 1.82) is 0 Å². The molecule has 1 aromatic heterocycles. The predicted molar refractivity (Wildman–Crippen MR) is 114 cm³/mol. The van der Waals surface area contributed by atoms with Crippen LogP contribution in [-0.4, -0.2) is 48.4 Å². The highest BCUT2D eigenvalue weighted by atomic mass is 16.7. The third-order valence-electron chi connectivity index (χ3n) is 4.87. The van der Waals surface area contributed by atoms with Gasteiger partial charge in [-0.05, 0) is 30.7 Å². The molecule has 2 heterocycles. The first-order valence-electron chi connectivity index (χ1n) is 10.0. The van der Waals surface area contributed by atoms with Gasteiger partial charge >= 0.3 is 0 Å². The molecule has 0 unspecified atom stereocenters. The molecule has 0 fully saturated rings. The number of carbonyl (C=O) groups is 2. The first-order chi connectivity index (χ1) is 15.1. The van der Waals surface area contributed by atoms with Crippen LogP contribution in [0.25, 0.3) is 11.0 Å². The number of aromatic nitrogens is 2. The lowest BCUT2D eigenvalue weighted by molar-refractivity contribution is -0.124. The van der Waals surface area contributed by atoms with Gasteiger partial charge < -0.3 is 29.4 Å². The van der Waals surface area contributed by atoms with Gasteiger partial charge in [0.05, 0.1) is 11.0 Å². The zero-order valence-electron chi connectivity index (χ0n) is 17.2. The number of rotatable bonds is 9. The SMILES string of the molecule is COCC(=O)NCCCc1nc2ccccc2n1CC(=O)Nc1ccc2c(c1)OCO2. The minimum Gasteiger partial charge on any atom is -0.454 e. The van der Waals surface area contributed by atoms with Gasteiger partial charge in [-0.2, -0.15) is 0 Å². The second kappa shape index (κ2) is 9.48. The van der Waals surface area contributed by atoms with E-state index in [1.807, 2.05) is 28.8 Å². The maximum Gasteiger partial charge on any atom is 0.245 e. The molecule has 0 spiro atoms. The summed E-state index contributed by atoms with van der Waals surface area (Å²) in [5.41, 5.74) is 2.36. The van der Waals surface area contributed by atoms with Crippen LogP contribution in [0.5, 0.6) is 11.5 Å². The largest absolute Gasteiger partial charge is 0.454 e. The summed E-state index contributed by atoms with van der Waals surface area (Å²) in [5, 5.41) is 5.70. The molecule has 2 amide bonds. The van der Waals surface area contributed by atoms with Crippen molar-refractivity contribution in [2.75, 3.05) is 32.4 Å². The van der Waals surface area contributed by atoms with Gasteiger partial charge in [0.25, 0.3) is 0 Å². The Morgan fingerprint density at radius 1 is 1.13 bits per heavy atom. The number of ether oxygens (including phenoxy) is 3. The van der Waals surface area contributed by atoms with E-state index in [0.29, 0.717) is 36.6 Å². The quantitative estimate of drug-likeness (QED) is 0.510. The number of anilines is 1. The fourth-order valence-electron chi connectivity index (χ4n) is 3.47. The van der Waals surface area contributed by atoms with E-state index in [9.17, 15) is 9.59 Å². The molecule has 0 atom stereocenters. The van der Waals surface area contributed by atoms with Crippen molar-refractivity contribution in [2.45, 2.75) is 19.4 Å². The first kappa shape index (κ1) is 20.7. The van der Waals surface area contributed by atoms with E-state index in [1.165, 1.54) is 7.11 Å². The maximum absolute atomic E-state index is 12.8. The molecular formula is C22H24N4O5. The third kappa shape index (κ3) is 4.95. The number of para-hydroxylation sites is 2. The normalized spacial score (nSPS) is 12.2. The van der Waals surface area contributed by atoms with E-state index < -0.39 is 0 Å². The number of imidazole rings is 1. The van der Waals surface area contributed by atoms with Gasteiger partial charge in [-0.25, -0.2) is 4.98 Å². The summed E-state index contributed by atoms with van der Waals surface area (Å²) in [6, 6.07) is 13.0. The van der Waals surface area contributed by atoms with Gasteiger partial charge in [-0.15, -0.1) is 0 Å². The smallest absolute Gasteiger partial charge is 0.245 e. The fourth-order valence-corrected chi connectivity index (χ4v) is 3.47. The van der Waals surface area contributed by atoms with Crippen LogP contribution in [0, 0.1) is 0 Å². The van der Waals surface area contributed by atoms with E-state index >= 15 is 0 Å². The number of nitrogens with one attached hydrogen (secondary N) is 2. The summed E-state index contributed by atoms with van der Waals surface area (Å²) < 4.78 is 17.4. The summed E-state index contributed by atoms with van der Waals surface area (Å²) in [5.74, 6) is 1.75. The standard InChI is InChI=1S/C22H24N4O5/c1-29-13-22(28)23-10-4-7-20-25-16-5-2-3-6-17(16)26(20)12-21(27)24-15-8-9-18-19(11-15)31-14-30-18/h2-3,5-6,8-9,11H,4,7,10,12-14H2,1H3,(H,23,28)(H,24,27). The molecule has 0 saturated heterocycles. The number of hydrogen-bond acceptors (Lipinski definition) is 6. The minimum absolute atomic E-state index is 0.0402. The maximum atomic E-state index is 12.8. The van der Waals surface area contributed by atoms with Crippen LogP contribution in [-0.2, 0) is 27.3 Å². The average Bonchev–Trinajstić information content (AvgIpc) is 3.36. The molecule has 9 heteroatoms. The lowest BCUT2D eigenvalue weighted by Gasteiger charge is -2.11. The molecule has 0 bridgehead atoms. The van der Waals surface area contributed by atoms with Gasteiger partial charge in [-0.1, -0.05) is 12.1 Å². The summed E-state index contributed by atoms with van der Waals surface area (Å²) in [6.45, 7) is 0.858. The lowest BCUT2D eigenvalue weighted by atomic mass is 10.2. The van der Waals surface area contributed by atoms with Crippen molar-refractivity contribution >= 4 is 28.5 Å². The molecule has 0 saturated carbocycles. The molecule has 1 aliphatic heterocycles. The molecular weight excluding hydrogens is 400 g/mol. The number of fused-ring (bicyclic) bond motifs is 2. The topological polar surface area (TPSA) is 104 Å². The molecule has 4 rings (SSSR count). The van der Waals surface area contributed by atoms with E-state index in [0.717, 1.165) is 16.9 Å². The lowest BCUT2D eigenvalue weighted by Crippen LogP contribution is -2.28. The van der Waals surface area contributed by atoms with Crippen LogP contribution < -0.4 is 20.1 Å². The van der Waals surface area contributed by atoms with Gasteiger partial charge in [0.15, 0.2) is 11.5 Å². The Bertz CT molecular complexity index is 1090. The Morgan fingerprint density at radius 3 is 2.84 bits per heavy atom. The fraction of sp³-hybridized carbons (Fsp3) is 0.318. The molecule has 3 aromatic rings. The Kier molecular flexibility index (Phi) is 6.32. The zero-order chi connectivity index (χ0) is 21.6. The minimum atomic E-state index is -0.170. The zero-order valence-corrected chi connectivity index (χ0v) is 17.2. The Morgan fingerprint density at radius 2 is 1.97 bits per heavy atom. The molecule has 162 valence electrons. The second-order valence-electron chi connectivity index (χ2n) is 7.11. The number of benzene rings is 2. The van der Waals surface area contributed by atoms with Crippen molar-refractivity contribution in [1.82, 2.24) is 14.9 Å². The highest BCUT2D eigenvalue weighted by Gasteiger charge is 2.16. The Hall–Kier alpha value is -3.59. The van der Waals surface area contributed by atoms with Crippen LogP contribution in [0.3, 0.4) is 0 Å². The summed E-state index contributed by atoms with van der Waals surface area (Å²) in [7, 11) is 1.48. The average molecular weight is 424 g/mol. The van der Waals surface area contributed by atoms with Gasteiger partial charge in [-0.3, -0.25) is 9.59 Å². The van der Waals surface area contributed by atoms with E-state index in [4.69, 9.17) is 14.2 Å². The highest BCUT2D eigenvalue weighted by molar-refractivity contribution is 5.92. The summed E-state index contributed by atoms with van der Waals surface area (Å²) in [6.07, 6.45) is 1.32. The van der Waals surface area contributed by atoms with Gasteiger partial charge in [0.1, 0.15) is 19.0 Å². The molecule has 31 heavy (non-hydrogen) atoms. The molecule has 9 nitrogen and oxygen atoms in total. The van der Waals surface area contributed by atoms with Gasteiger partial charge in [0.2, 0.25) is 18.6 Å². The molecule has 0 aliphatic carbocycles. The Labute approximate surface area is 179 Å². The number of amides is 2. The van der Waals surface area contributed by atoms with Crippen LogP contribution in [0.4, 0.5) is 5.69 Å². The number of nitrogens with zero attached hydrogens (tertiary/aromatic N) is 2. The highest BCUT2D eigenvalue weighted by Crippen LogP contribution is 2.34.